The molecule has 6 aliphatic rings. The molecule has 6 fully saturated rings. The Labute approximate surface area is 511 Å². The molecule has 3 amide bonds. The second-order valence-electron chi connectivity index (χ2n) is 19.7. The van der Waals surface area contributed by atoms with E-state index in [-0.39, 0.29) is 140 Å². The van der Waals surface area contributed by atoms with Crippen LogP contribution in [0.5, 0.6) is 0 Å². The quantitative estimate of drug-likeness (QED) is 0.0963. The van der Waals surface area contributed by atoms with Crippen molar-refractivity contribution in [3.63, 3.8) is 0 Å². The van der Waals surface area contributed by atoms with Crippen LogP contribution in [0.3, 0.4) is 0 Å². The number of nitrogens with two attached hydrogens (primary N) is 7. The van der Waals surface area contributed by atoms with E-state index in [9.17, 15) is 28.8 Å². The molecular weight excluding hydrogens is 1170 g/mol. The molecule has 82 heavy (non-hydrogen) atoms. The van der Waals surface area contributed by atoms with Crippen LogP contribution in [-0.4, -0.2) is 230 Å². The maximum atomic E-state index is 12.7. The van der Waals surface area contributed by atoms with Gasteiger partial charge in [0.25, 0.3) is 0 Å². The number of rotatable bonds is 15. The molecule has 4 bridgehead atoms. The van der Waals surface area contributed by atoms with E-state index in [0.717, 1.165) is 13.1 Å². The first-order valence-electron chi connectivity index (χ1n) is 26.9. The van der Waals surface area contributed by atoms with E-state index in [0.29, 0.717) is 150 Å². The van der Waals surface area contributed by atoms with Crippen molar-refractivity contribution in [3.05, 3.63) is 68.8 Å². The smallest absolute Gasteiger partial charge is 0.303 e. The first-order valence-corrected chi connectivity index (χ1v) is 26.9. The van der Waals surface area contributed by atoms with Crippen molar-refractivity contribution in [3.8, 4) is 0 Å². The molecule has 4 atom stereocenters. The summed E-state index contributed by atoms with van der Waals surface area (Å²) in [7, 11) is 0. The van der Waals surface area contributed by atoms with Gasteiger partial charge in [0.1, 0.15) is 0 Å². The van der Waals surface area contributed by atoms with E-state index in [2.05, 4.69) is 107 Å². The van der Waals surface area contributed by atoms with E-state index >= 15 is 0 Å². The fourth-order valence-electron chi connectivity index (χ4n) is 8.03. The number of hydrogen-bond donors (Lipinski definition) is 13. The fourth-order valence-corrected chi connectivity index (χ4v) is 8.03. The summed E-state index contributed by atoms with van der Waals surface area (Å²) >= 11 is 0. The summed E-state index contributed by atoms with van der Waals surface area (Å²) in [6, 6.07) is 0. The Morgan fingerprint density at radius 2 is 0.610 bits per heavy atom. The Morgan fingerprint density at radius 3 is 0.927 bits per heavy atom. The number of carbonyl (C=O) groups is 6. The molecule has 31 nitrogen and oxygen atoms in total. The first kappa shape index (κ1) is 95.4. The molecule has 33 heteroatoms. The number of carboxylic acid groups (broad SMARTS) is 3. The molecule has 0 saturated carbocycles. The molecule has 6 saturated heterocycles. The summed E-state index contributed by atoms with van der Waals surface area (Å²) in [6.07, 6.45) is 3.66. The van der Waals surface area contributed by atoms with Crippen molar-refractivity contribution < 1.29 is 78.2 Å². The van der Waals surface area contributed by atoms with Gasteiger partial charge in [0, 0.05) is 155 Å². The molecule has 6 rings (SSSR count). The molecular formula is C49H108Cu2N22O9-12. The Balaban J connectivity index is -0.000000189. The third-order valence-electron chi connectivity index (χ3n) is 11.6. The predicted molar refractivity (Wildman–Crippen MR) is 323 cm³/mol. The Morgan fingerprint density at radius 1 is 0.378 bits per heavy atom. The van der Waals surface area contributed by atoms with Crippen molar-refractivity contribution in [1.29, 1.82) is 0 Å². The third-order valence-corrected chi connectivity index (χ3v) is 11.6. The minimum absolute atomic E-state index is 0. The topological polar surface area (TPSA) is 583 Å². The van der Waals surface area contributed by atoms with Gasteiger partial charge in [-0.05, 0) is 37.9 Å². The van der Waals surface area contributed by atoms with Gasteiger partial charge in [-0.3, -0.25) is 28.8 Å². The molecule has 0 spiro atoms. The normalized spacial score (nSPS) is 23.5. The molecule has 0 aromatic heterocycles. The van der Waals surface area contributed by atoms with E-state index in [4.69, 9.17) is 21.1 Å². The summed E-state index contributed by atoms with van der Waals surface area (Å²) in [4.78, 5) is 70.2. The van der Waals surface area contributed by atoms with Crippen LogP contribution in [0.2, 0.25) is 0 Å². The van der Waals surface area contributed by atoms with Gasteiger partial charge in [-0.25, -0.2) is 0 Å². The number of carboxylic acids is 3. The van der Waals surface area contributed by atoms with Gasteiger partial charge < -0.3 is 138 Å². The summed E-state index contributed by atoms with van der Waals surface area (Å²) in [5.41, 5.74) is 4.06. The molecule has 0 unspecified atom stereocenters. The van der Waals surface area contributed by atoms with E-state index in [1.165, 1.54) is 12.8 Å². The summed E-state index contributed by atoms with van der Waals surface area (Å²) < 4.78 is 0. The largest absolute Gasteiger partial charge is 0.693 e. The van der Waals surface area contributed by atoms with E-state index in [1.54, 1.807) is 0 Å². The molecule has 0 aromatic carbocycles. The van der Waals surface area contributed by atoms with Gasteiger partial charge in [-0.1, -0.05) is 40.5 Å². The second-order valence-corrected chi connectivity index (χ2v) is 19.7. The van der Waals surface area contributed by atoms with Crippen molar-refractivity contribution in [2.24, 2.45) is 5.73 Å². The molecule has 0 aliphatic carbocycles. The number of fused-ring (bicyclic) bond motifs is 30. The van der Waals surface area contributed by atoms with Crippen LogP contribution < -0.4 is 53.6 Å². The number of carbonyl (C=O) groups excluding carboxylic acids is 3. The molecule has 0 aromatic rings. The van der Waals surface area contributed by atoms with Crippen LogP contribution in [0.25, 0.3) is 68.8 Å². The zero-order chi connectivity index (χ0) is 54.8. The van der Waals surface area contributed by atoms with E-state index < -0.39 is 40.1 Å². The SMILES string of the molecule is CCC.CCC.N[C@]12C[N-]CC[N-]C[C@](NC(=O)CCCC(=O)O)(CNCC[N-]C1)CNCCNC2.O=C(O)CCCC(=O)N[C@]12C[N-]CC[N-]C[C@](NC(=O)CCCC(=O)O)(CNCC[N-]C1)CNCCNC2.[Cu].[Cu].[NH2-].[NH2-].[NH2-].[NH2-].[NH2-].[NH2-]. The van der Waals surface area contributed by atoms with Crippen molar-refractivity contribution in [2.45, 2.75) is 120 Å². The van der Waals surface area contributed by atoms with Crippen molar-refractivity contribution >= 4 is 35.6 Å². The van der Waals surface area contributed by atoms with Gasteiger partial charge in [-0.2, -0.15) is 26.2 Å². The van der Waals surface area contributed by atoms with Crippen LogP contribution in [0, 0.1) is 0 Å². The van der Waals surface area contributed by atoms with Crippen LogP contribution >= 0.6 is 0 Å². The predicted octanol–water partition coefficient (Wildman–Crippen LogP) is 4.96. The van der Waals surface area contributed by atoms with Crippen LogP contribution in [0.15, 0.2) is 0 Å². The Kier molecular flexibility index (Phi) is 68.1. The van der Waals surface area contributed by atoms with E-state index in [1.807, 2.05) is 0 Å². The molecule has 6 heterocycles. The average molecular weight is 1280 g/mol. The molecule has 2 radical (unpaired) electrons. The average Bonchev–Trinajstić information content (AvgIpc) is 3.33. The van der Waals surface area contributed by atoms with Crippen LogP contribution in [-0.2, 0) is 62.9 Å². The fraction of sp³-hybridized carbons (Fsp3) is 0.878. The Hall–Kier alpha value is -2.90. The van der Waals surface area contributed by atoms with Crippen molar-refractivity contribution in [2.75, 3.05) is 157 Å². The third kappa shape index (κ3) is 48.3. The summed E-state index contributed by atoms with van der Waals surface area (Å²) in [6.45, 7) is 21.3. The number of nitrogens with one attached hydrogen (secondary N) is 9. The van der Waals surface area contributed by atoms with Gasteiger partial charge in [0.05, 0.1) is 0 Å². The number of hydrogen-bond acceptors (Lipinski definition) is 13. The number of nitrogens with zero attached hydrogens (tertiary/aromatic N) is 6. The van der Waals surface area contributed by atoms with Crippen molar-refractivity contribution in [1.82, 2.24) is 47.9 Å². The second kappa shape index (κ2) is 58.5. The molecule has 502 valence electrons. The summed E-state index contributed by atoms with van der Waals surface area (Å²) in [5, 5.41) is 84.1. The van der Waals surface area contributed by atoms with Gasteiger partial charge >= 0.3 is 17.9 Å². The first-order chi connectivity index (χ1) is 35.5. The maximum Gasteiger partial charge on any atom is 0.303 e. The molecule has 6 aliphatic heterocycles. The Bertz CT molecular complexity index is 1430. The monoisotopic (exact) mass is 1270 g/mol. The van der Waals surface area contributed by atoms with Gasteiger partial charge in [-0.15, -0.1) is 52.4 Å². The van der Waals surface area contributed by atoms with Crippen LogP contribution in [0.1, 0.15) is 98.3 Å². The minimum atomic E-state index is -0.927. The standard InChI is InChI=1S/C24H43N8O6.C19H37N8O3.2C3H8.2Cu.6H2N/c33-19(3-1-5-21(35)36)31-23-13-25-7-10-28-16-24(17-29-11-8-26-14-23,18-30-12-9-27-15-23)32-20(34)4-2-6-22(37)38;20-18-10-21-4-7-24-13-19(14-25-8-5-22-11-18,15-26-9-6-23-12-18)27-16(28)2-1-3-17(29)30;2*1-3-2;;;;;;;;/h25-26,28H,1-18H2,(H,31,33)(H,32,34)(H,35,36)(H,37,38);21,24-25H,1-15,20H2,(H,27,28)(H,29,30);2*3H2,1-2H3;;;6*1H2/q2*-3;;;;;6*-1/t23-,24+;18-,19+;;;;;;;;;;/m10........../s1. The summed E-state index contributed by atoms with van der Waals surface area (Å²) in [5.74, 6) is -3.32. The number of aliphatic carboxylic acids is 3. The minimum Gasteiger partial charge on any atom is -0.693 e. The zero-order valence-corrected chi connectivity index (χ0v) is 51.3. The maximum absolute atomic E-state index is 12.7. The zero-order valence-electron chi connectivity index (χ0n) is 49.4. The van der Waals surface area contributed by atoms with Gasteiger partial charge in [0.2, 0.25) is 17.7 Å². The van der Waals surface area contributed by atoms with Crippen LogP contribution in [0.4, 0.5) is 0 Å². The number of amides is 3. The molecule has 26 N–H and O–H groups in total. The van der Waals surface area contributed by atoms with Gasteiger partial charge in [0.15, 0.2) is 0 Å².